The number of hydrogen-bond donors (Lipinski definition) is 2. The van der Waals surface area contributed by atoms with Crippen molar-refractivity contribution in [2.45, 2.75) is 39.0 Å². The van der Waals surface area contributed by atoms with Crippen molar-refractivity contribution in [1.82, 2.24) is 15.5 Å². The van der Waals surface area contributed by atoms with E-state index in [0.717, 1.165) is 17.8 Å². The molecule has 2 aliphatic rings. The zero-order valence-corrected chi connectivity index (χ0v) is 13.0. The fraction of sp³-hybridized carbons (Fsp3) is 1.00. The van der Waals surface area contributed by atoms with Crippen LogP contribution in [0.1, 0.15) is 39.0 Å². The molecule has 0 radical (unpaired) electrons. The number of nitrogens with zero attached hydrogens (tertiary/aromatic N) is 1. The van der Waals surface area contributed by atoms with E-state index in [1.807, 2.05) is 0 Å². The number of nitrogens with one attached hydrogen (secondary N) is 2. The van der Waals surface area contributed by atoms with Gasteiger partial charge in [-0.25, -0.2) is 0 Å². The summed E-state index contributed by atoms with van der Waals surface area (Å²) in [4.78, 5) is 2.67. The first-order valence-corrected chi connectivity index (χ1v) is 8.35. The number of hydrogen-bond acceptors (Lipinski definition) is 3. The lowest BCUT2D eigenvalue weighted by atomic mass is 9.73. The molecule has 0 aromatic heterocycles. The van der Waals surface area contributed by atoms with Crippen molar-refractivity contribution in [3.8, 4) is 0 Å². The molecule has 0 amide bonds. The van der Waals surface area contributed by atoms with E-state index in [9.17, 15) is 0 Å². The van der Waals surface area contributed by atoms with Crippen molar-refractivity contribution >= 4 is 0 Å². The molecule has 1 unspecified atom stereocenters. The molecule has 1 aliphatic heterocycles. The maximum atomic E-state index is 3.45. The first-order chi connectivity index (χ1) is 9.28. The molecule has 19 heavy (non-hydrogen) atoms. The van der Waals surface area contributed by atoms with Gasteiger partial charge in [0.05, 0.1) is 0 Å². The highest BCUT2D eigenvalue weighted by Gasteiger charge is 2.26. The molecule has 112 valence electrons. The van der Waals surface area contributed by atoms with Crippen molar-refractivity contribution in [2.24, 2.45) is 17.8 Å². The summed E-state index contributed by atoms with van der Waals surface area (Å²) >= 11 is 0. The summed E-state index contributed by atoms with van der Waals surface area (Å²) in [7, 11) is 2.08. The van der Waals surface area contributed by atoms with E-state index in [2.05, 4.69) is 29.5 Å². The second kappa shape index (κ2) is 8.23. The first kappa shape index (κ1) is 15.3. The monoisotopic (exact) mass is 267 g/mol. The van der Waals surface area contributed by atoms with E-state index in [4.69, 9.17) is 0 Å². The van der Waals surface area contributed by atoms with Gasteiger partial charge in [0, 0.05) is 32.7 Å². The molecule has 0 aromatic rings. The van der Waals surface area contributed by atoms with Crippen LogP contribution in [0.2, 0.25) is 0 Å². The average Bonchev–Trinajstić information content (AvgIpc) is 2.40. The van der Waals surface area contributed by atoms with Crippen LogP contribution in [0.5, 0.6) is 0 Å². The molecule has 1 heterocycles. The molecule has 0 aromatic carbocycles. The topological polar surface area (TPSA) is 27.3 Å². The zero-order chi connectivity index (χ0) is 13.5. The summed E-state index contributed by atoms with van der Waals surface area (Å²) in [5, 5.41) is 6.78. The molecule has 0 bridgehead atoms. The molecule has 3 heteroatoms. The molecule has 3 nitrogen and oxygen atoms in total. The molecule has 1 aliphatic carbocycles. The quantitative estimate of drug-likeness (QED) is 0.704. The Labute approximate surface area is 119 Å². The maximum absolute atomic E-state index is 3.45. The standard InChI is InChI=1S/C16H33N3/c1-14-11-16(12-14)4-3-15(5-6-17-2)13-19-9-7-18-8-10-19/h14-18H,3-13H2,1-2H3. The van der Waals surface area contributed by atoms with Gasteiger partial charge in [-0.05, 0) is 57.0 Å². The predicted molar refractivity (Wildman–Crippen MR) is 82.5 cm³/mol. The van der Waals surface area contributed by atoms with Gasteiger partial charge in [0.2, 0.25) is 0 Å². The zero-order valence-electron chi connectivity index (χ0n) is 13.0. The highest BCUT2D eigenvalue weighted by Crippen LogP contribution is 2.37. The Morgan fingerprint density at radius 2 is 1.95 bits per heavy atom. The van der Waals surface area contributed by atoms with Crippen LogP contribution >= 0.6 is 0 Å². The van der Waals surface area contributed by atoms with Gasteiger partial charge in [-0.15, -0.1) is 0 Å². The number of piperazine rings is 1. The molecular formula is C16H33N3. The fourth-order valence-electron chi connectivity index (χ4n) is 3.71. The molecule has 1 saturated carbocycles. The van der Waals surface area contributed by atoms with E-state index in [-0.39, 0.29) is 0 Å². The van der Waals surface area contributed by atoms with Crippen LogP contribution in [0.25, 0.3) is 0 Å². The van der Waals surface area contributed by atoms with Gasteiger partial charge in [-0.2, -0.15) is 0 Å². The van der Waals surface area contributed by atoms with Crippen molar-refractivity contribution in [3.05, 3.63) is 0 Å². The van der Waals surface area contributed by atoms with Gasteiger partial charge < -0.3 is 15.5 Å². The van der Waals surface area contributed by atoms with Gasteiger partial charge in [-0.1, -0.05) is 13.3 Å². The average molecular weight is 267 g/mol. The SMILES string of the molecule is CNCCC(CCC1CC(C)C1)CN1CCNCC1. The largest absolute Gasteiger partial charge is 0.320 e. The van der Waals surface area contributed by atoms with E-state index < -0.39 is 0 Å². The summed E-state index contributed by atoms with van der Waals surface area (Å²) in [6.45, 7) is 9.75. The Morgan fingerprint density at radius 1 is 1.21 bits per heavy atom. The minimum Gasteiger partial charge on any atom is -0.320 e. The Hall–Kier alpha value is -0.120. The van der Waals surface area contributed by atoms with Crippen LogP contribution < -0.4 is 10.6 Å². The second-order valence-corrected chi connectivity index (χ2v) is 6.83. The van der Waals surface area contributed by atoms with Gasteiger partial charge in [0.15, 0.2) is 0 Å². The van der Waals surface area contributed by atoms with Gasteiger partial charge in [-0.3, -0.25) is 0 Å². The highest BCUT2D eigenvalue weighted by atomic mass is 15.2. The van der Waals surface area contributed by atoms with Crippen molar-refractivity contribution < 1.29 is 0 Å². The molecule has 2 fully saturated rings. The van der Waals surface area contributed by atoms with Crippen molar-refractivity contribution in [2.75, 3.05) is 46.3 Å². The Morgan fingerprint density at radius 3 is 2.58 bits per heavy atom. The van der Waals surface area contributed by atoms with Gasteiger partial charge in [0.1, 0.15) is 0 Å². The van der Waals surface area contributed by atoms with E-state index >= 15 is 0 Å². The fourth-order valence-corrected chi connectivity index (χ4v) is 3.71. The molecule has 1 saturated heterocycles. The molecular weight excluding hydrogens is 234 g/mol. The third-order valence-corrected chi connectivity index (χ3v) is 4.98. The van der Waals surface area contributed by atoms with Crippen molar-refractivity contribution in [1.29, 1.82) is 0 Å². The minimum atomic E-state index is 0.904. The summed E-state index contributed by atoms with van der Waals surface area (Å²) < 4.78 is 0. The normalized spacial score (nSPS) is 30.0. The summed E-state index contributed by atoms with van der Waals surface area (Å²) in [6.07, 6.45) is 7.26. The smallest absolute Gasteiger partial charge is 0.0107 e. The summed E-state index contributed by atoms with van der Waals surface area (Å²) in [5.74, 6) is 2.96. The second-order valence-electron chi connectivity index (χ2n) is 6.83. The maximum Gasteiger partial charge on any atom is 0.0107 e. The van der Waals surface area contributed by atoms with Crippen LogP contribution in [-0.4, -0.2) is 51.2 Å². The summed E-state index contributed by atoms with van der Waals surface area (Å²) in [5.41, 5.74) is 0. The van der Waals surface area contributed by atoms with Gasteiger partial charge in [0.25, 0.3) is 0 Å². The van der Waals surface area contributed by atoms with E-state index in [1.54, 1.807) is 0 Å². The first-order valence-electron chi connectivity index (χ1n) is 8.35. The Balaban J connectivity index is 1.67. The van der Waals surface area contributed by atoms with Crippen LogP contribution in [-0.2, 0) is 0 Å². The highest BCUT2D eigenvalue weighted by molar-refractivity contribution is 4.79. The molecule has 1 atom stereocenters. The molecule has 2 N–H and O–H groups in total. The number of rotatable bonds is 8. The third-order valence-electron chi connectivity index (χ3n) is 4.98. The van der Waals surface area contributed by atoms with Crippen LogP contribution in [0, 0.1) is 17.8 Å². The minimum absolute atomic E-state index is 0.904. The molecule has 2 rings (SSSR count). The Bertz CT molecular complexity index is 232. The lowest BCUT2D eigenvalue weighted by Crippen LogP contribution is -2.45. The van der Waals surface area contributed by atoms with Crippen LogP contribution in [0.4, 0.5) is 0 Å². The van der Waals surface area contributed by atoms with E-state index in [0.29, 0.717) is 0 Å². The van der Waals surface area contributed by atoms with E-state index in [1.165, 1.54) is 71.4 Å². The van der Waals surface area contributed by atoms with Crippen LogP contribution in [0.3, 0.4) is 0 Å². The summed E-state index contributed by atoms with van der Waals surface area (Å²) in [6, 6.07) is 0. The van der Waals surface area contributed by atoms with Gasteiger partial charge >= 0.3 is 0 Å². The predicted octanol–water partition coefficient (Wildman–Crippen LogP) is 1.94. The van der Waals surface area contributed by atoms with Crippen LogP contribution in [0.15, 0.2) is 0 Å². The lowest BCUT2D eigenvalue weighted by Gasteiger charge is -2.35. The lowest BCUT2D eigenvalue weighted by molar-refractivity contribution is 0.160. The van der Waals surface area contributed by atoms with Crippen molar-refractivity contribution in [3.63, 3.8) is 0 Å². The Kier molecular flexibility index (Phi) is 6.62. The third kappa shape index (κ3) is 5.41. The molecule has 0 spiro atoms.